The molecule has 1 aromatic carbocycles. The Labute approximate surface area is 179 Å². The summed E-state index contributed by atoms with van der Waals surface area (Å²) in [7, 11) is 0. The average molecular weight is 428 g/mol. The molecule has 6 nitrogen and oxygen atoms in total. The molecule has 0 spiro atoms. The monoisotopic (exact) mass is 427 g/mol. The summed E-state index contributed by atoms with van der Waals surface area (Å²) in [5.41, 5.74) is 8.17. The van der Waals surface area contributed by atoms with Gasteiger partial charge in [-0.25, -0.2) is 15.4 Å². The van der Waals surface area contributed by atoms with Crippen molar-refractivity contribution in [2.75, 3.05) is 5.75 Å². The molecule has 3 rings (SSSR count). The molecule has 8 heteroatoms. The summed E-state index contributed by atoms with van der Waals surface area (Å²) < 4.78 is 2.07. The lowest BCUT2D eigenvalue weighted by Gasteiger charge is -2.11. The van der Waals surface area contributed by atoms with Crippen molar-refractivity contribution < 1.29 is 4.79 Å². The molecule has 0 unspecified atom stereocenters. The fourth-order valence-electron chi connectivity index (χ4n) is 3.02. The number of amides is 1. The Balaban J connectivity index is 1.64. The molecular weight excluding hydrogens is 406 g/mol. The SMILES string of the molecule is Cc1cc(C)nc(SCC(=O)N/N=C\c2cc(C)n(-c3ccccc3Cl)c2C)n1. The minimum absolute atomic E-state index is 0.193. The number of halogens is 1. The second-order valence-electron chi connectivity index (χ2n) is 6.63. The maximum absolute atomic E-state index is 12.1. The average Bonchev–Trinajstić information content (AvgIpc) is 2.93. The second-order valence-corrected chi connectivity index (χ2v) is 7.98. The molecule has 0 atom stereocenters. The smallest absolute Gasteiger partial charge is 0.250 e. The van der Waals surface area contributed by atoms with E-state index in [0.29, 0.717) is 10.2 Å². The Hall–Kier alpha value is -2.64. The highest BCUT2D eigenvalue weighted by molar-refractivity contribution is 7.99. The minimum atomic E-state index is -0.214. The van der Waals surface area contributed by atoms with Crippen LogP contribution in [0.15, 0.2) is 46.7 Å². The maximum Gasteiger partial charge on any atom is 0.250 e. The number of aryl methyl sites for hydroxylation is 3. The van der Waals surface area contributed by atoms with Crippen LogP contribution in [0.4, 0.5) is 0 Å². The van der Waals surface area contributed by atoms with E-state index in [1.165, 1.54) is 11.8 Å². The zero-order valence-electron chi connectivity index (χ0n) is 16.7. The number of thioether (sulfide) groups is 1. The largest absolute Gasteiger partial charge is 0.316 e. The van der Waals surface area contributed by atoms with Crippen molar-refractivity contribution in [2.24, 2.45) is 5.10 Å². The van der Waals surface area contributed by atoms with Crippen molar-refractivity contribution in [2.45, 2.75) is 32.9 Å². The summed E-state index contributed by atoms with van der Waals surface area (Å²) in [6.45, 7) is 7.81. The van der Waals surface area contributed by atoms with Gasteiger partial charge in [0.05, 0.1) is 22.7 Å². The molecule has 0 aliphatic heterocycles. The van der Waals surface area contributed by atoms with Crippen molar-refractivity contribution >= 4 is 35.5 Å². The number of rotatable bonds is 6. The minimum Gasteiger partial charge on any atom is -0.316 e. The van der Waals surface area contributed by atoms with E-state index in [2.05, 4.69) is 25.1 Å². The molecule has 29 heavy (non-hydrogen) atoms. The third-order valence-corrected chi connectivity index (χ3v) is 5.42. The van der Waals surface area contributed by atoms with Crippen LogP contribution in [0.2, 0.25) is 5.02 Å². The molecule has 1 amide bonds. The van der Waals surface area contributed by atoms with Gasteiger partial charge in [-0.05, 0) is 52.0 Å². The normalized spacial score (nSPS) is 11.2. The number of para-hydroxylation sites is 1. The van der Waals surface area contributed by atoms with Gasteiger partial charge in [-0.15, -0.1) is 0 Å². The first-order valence-corrected chi connectivity index (χ1v) is 10.4. The number of hydrogen-bond acceptors (Lipinski definition) is 5. The van der Waals surface area contributed by atoms with Crippen LogP contribution in [0.5, 0.6) is 0 Å². The molecule has 0 saturated heterocycles. The summed E-state index contributed by atoms with van der Waals surface area (Å²) in [4.78, 5) is 20.7. The van der Waals surface area contributed by atoms with E-state index in [9.17, 15) is 4.79 Å². The first kappa shape index (κ1) is 21.1. The summed E-state index contributed by atoms with van der Waals surface area (Å²) in [6.07, 6.45) is 1.64. The van der Waals surface area contributed by atoms with Crippen LogP contribution >= 0.6 is 23.4 Å². The Morgan fingerprint density at radius 3 is 2.55 bits per heavy atom. The molecule has 0 fully saturated rings. The Kier molecular flexibility index (Phi) is 6.71. The van der Waals surface area contributed by atoms with Gasteiger partial charge in [-0.1, -0.05) is 35.5 Å². The molecule has 150 valence electrons. The Bertz CT molecular complexity index is 1060. The molecule has 2 aromatic heterocycles. The van der Waals surface area contributed by atoms with Crippen molar-refractivity contribution in [3.63, 3.8) is 0 Å². The Morgan fingerprint density at radius 2 is 1.86 bits per heavy atom. The van der Waals surface area contributed by atoms with Crippen LogP contribution in [-0.2, 0) is 4.79 Å². The van der Waals surface area contributed by atoms with Crippen LogP contribution in [-0.4, -0.2) is 32.4 Å². The highest BCUT2D eigenvalue weighted by Crippen LogP contribution is 2.25. The van der Waals surface area contributed by atoms with Crippen molar-refractivity contribution in [1.82, 2.24) is 20.0 Å². The number of carbonyl (C=O) groups is 1. The van der Waals surface area contributed by atoms with Gasteiger partial charge in [0.1, 0.15) is 0 Å². The third kappa shape index (κ3) is 5.25. The van der Waals surface area contributed by atoms with Crippen LogP contribution < -0.4 is 5.43 Å². The van der Waals surface area contributed by atoms with Gasteiger partial charge < -0.3 is 4.57 Å². The van der Waals surface area contributed by atoms with Crippen LogP contribution in [0.3, 0.4) is 0 Å². The number of nitrogens with one attached hydrogen (secondary N) is 1. The summed E-state index contributed by atoms with van der Waals surface area (Å²) in [5, 5.41) is 5.36. The predicted molar refractivity (Wildman–Crippen MR) is 118 cm³/mol. The van der Waals surface area contributed by atoms with E-state index in [-0.39, 0.29) is 11.7 Å². The third-order valence-electron chi connectivity index (χ3n) is 4.25. The van der Waals surface area contributed by atoms with Gasteiger partial charge in [0.15, 0.2) is 5.16 Å². The van der Waals surface area contributed by atoms with E-state index in [4.69, 9.17) is 11.6 Å². The number of hydrazone groups is 1. The van der Waals surface area contributed by atoms with E-state index < -0.39 is 0 Å². The zero-order valence-corrected chi connectivity index (χ0v) is 18.3. The molecule has 1 N–H and O–H groups in total. The lowest BCUT2D eigenvalue weighted by Crippen LogP contribution is -2.19. The van der Waals surface area contributed by atoms with Gasteiger partial charge in [-0.3, -0.25) is 4.79 Å². The topological polar surface area (TPSA) is 72.2 Å². The van der Waals surface area contributed by atoms with Crippen molar-refractivity contribution in [1.29, 1.82) is 0 Å². The fourth-order valence-corrected chi connectivity index (χ4v) is 3.98. The number of nitrogens with zero attached hydrogens (tertiary/aromatic N) is 4. The van der Waals surface area contributed by atoms with E-state index in [1.807, 2.05) is 64.1 Å². The highest BCUT2D eigenvalue weighted by atomic mass is 35.5. The van der Waals surface area contributed by atoms with Gasteiger partial charge in [0.25, 0.3) is 5.91 Å². The zero-order chi connectivity index (χ0) is 21.0. The van der Waals surface area contributed by atoms with E-state index in [0.717, 1.165) is 34.0 Å². The first-order valence-electron chi connectivity index (χ1n) is 9.06. The molecule has 2 heterocycles. The number of aromatic nitrogens is 3. The fraction of sp³-hybridized carbons (Fsp3) is 0.238. The quantitative estimate of drug-likeness (QED) is 0.274. The molecular formula is C21H22ClN5OS. The Morgan fingerprint density at radius 1 is 1.17 bits per heavy atom. The van der Waals surface area contributed by atoms with Gasteiger partial charge in [0, 0.05) is 28.3 Å². The first-order chi connectivity index (χ1) is 13.8. The number of hydrogen-bond donors (Lipinski definition) is 1. The molecule has 3 aromatic rings. The van der Waals surface area contributed by atoms with Gasteiger partial charge in [-0.2, -0.15) is 5.10 Å². The lowest BCUT2D eigenvalue weighted by atomic mass is 10.2. The van der Waals surface area contributed by atoms with Gasteiger partial charge in [0.2, 0.25) is 0 Å². The van der Waals surface area contributed by atoms with E-state index >= 15 is 0 Å². The number of benzene rings is 1. The molecule has 0 saturated carbocycles. The lowest BCUT2D eigenvalue weighted by molar-refractivity contribution is -0.118. The van der Waals surface area contributed by atoms with Crippen LogP contribution in [0, 0.1) is 27.7 Å². The standard InChI is InChI=1S/C21H22ClN5OS/c1-13-9-14(2)25-21(24-13)29-12-20(28)26-23-11-17-10-15(3)27(16(17)4)19-8-6-5-7-18(19)22/h5-11H,12H2,1-4H3,(H,26,28)/b23-11-. The van der Waals surface area contributed by atoms with E-state index in [1.54, 1.807) is 6.21 Å². The second kappa shape index (κ2) is 9.24. The maximum atomic E-state index is 12.1. The summed E-state index contributed by atoms with van der Waals surface area (Å²) >= 11 is 7.62. The molecule has 0 aliphatic carbocycles. The molecule has 0 radical (unpaired) electrons. The van der Waals surface area contributed by atoms with Crippen molar-refractivity contribution in [3.05, 3.63) is 69.8 Å². The summed E-state index contributed by atoms with van der Waals surface area (Å²) in [6, 6.07) is 11.6. The van der Waals surface area contributed by atoms with Crippen LogP contribution in [0.25, 0.3) is 5.69 Å². The predicted octanol–water partition coefficient (Wildman–Crippen LogP) is 4.40. The summed E-state index contributed by atoms with van der Waals surface area (Å²) in [5.74, 6) is -0.0206. The highest BCUT2D eigenvalue weighted by Gasteiger charge is 2.12. The van der Waals surface area contributed by atoms with Crippen LogP contribution in [0.1, 0.15) is 28.3 Å². The van der Waals surface area contributed by atoms with Crippen molar-refractivity contribution in [3.8, 4) is 5.69 Å². The number of carbonyl (C=O) groups excluding carboxylic acids is 1. The molecule has 0 aliphatic rings. The molecule has 0 bridgehead atoms. The van der Waals surface area contributed by atoms with Gasteiger partial charge >= 0.3 is 0 Å².